The minimum absolute atomic E-state index is 0.177. The molecule has 0 unspecified atom stereocenters. The molecule has 0 radical (unpaired) electrons. The highest BCUT2D eigenvalue weighted by molar-refractivity contribution is 7.13. The number of hydrogen-bond acceptors (Lipinski definition) is 5. The van der Waals surface area contributed by atoms with Crippen LogP contribution in [0.25, 0.3) is 10.8 Å². The van der Waals surface area contributed by atoms with Crippen molar-refractivity contribution in [2.75, 3.05) is 13.1 Å². The molecule has 0 spiro atoms. The Balaban J connectivity index is 2.16. The zero-order chi connectivity index (χ0) is 14.8. The molecule has 0 aliphatic rings. The van der Waals surface area contributed by atoms with Gasteiger partial charge in [0.1, 0.15) is 5.69 Å². The van der Waals surface area contributed by atoms with Crippen LogP contribution in [0.5, 0.6) is 0 Å². The van der Waals surface area contributed by atoms with E-state index >= 15 is 0 Å². The molecule has 2 heterocycles. The smallest absolute Gasteiger partial charge is 0.273 e. The molecule has 0 atom stereocenters. The van der Waals surface area contributed by atoms with Gasteiger partial charge in [0, 0.05) is 18.5 Å². The van der Waals surface area contributed by atoms with Gasteiger partial charge in [-0.2, -0.15) is 0 Å². The molecular weight excluding hydrogens is 276 g/mol. The van der Waals surface area contributed by atoms with Crippen molar-refractivity contribution < 1.29 is 14.3 Å². The first kappa shape index (κ1) is 14.7. The molecule has 5 nitrogen and oxygen atoms in total. The first-order valence-corrected chi connectivity index (χ1v) is 7.29. The average molecular weight is 294 g/mol. The molecule has 6 heteroatoms. The van der Waals surface area contributed by atoms with Gasteiger partial charge < -0.3 is 14.4 Å². The van der Waals surface area contributed by atoms with Crippen LogP contribution in [0.1, 0.15) is 31.3 Å². The molecular formula is C14H18N2O3S. The molecule has 0 aromatic carbocycles. The molecule has 0 aliphatic heterocycles. The number of amides is 1. The van der Waals surface area contributed by atoms with Gasteiger partial charge in [-0.05, 0) is 32.9 Å². The molecule has 2 aromatic heterocycles. The lowest BCUT2D eigenvalue weighted by Crippen LogP contribution is -2.42. The fraction of sp³-hybridized carbons (Fsp3) is 0.429. The zero-order valence-electron chi connectivity index (χ0n) is 11.8. The maximum absolute atomic E-state index is 12.4. The lowest BCUT2D eigenvalue weighted by molar-refractivity contribution is 0.0312. The van der Waals surface area contributed by atoms with Crippen LogP contribution in [0.4, 0.5) is 0 Å². The number of aromatic nitrogens is 1. The molecule has 2 rings (SSSR count). The molecule has 0 bridgehead atoms. The van der Waals surface area contributed by atoms with Gasteiger partial charge in [0.25, 0.3) is 5.91 Å². The Hall–Kier alpha value is -1.66. The van der Waals surface area contributed by atoms with E-state index in [1.807, 2.05) is 13.0 Å². The average Bonchev–Trinajstić information content (AvgIpc) is 3.03. The van der Waals surface area contributed by atoms with Crippen LogP contribution in [0.2, 0.25) is 0 Å². The molecule has 0 aliphatic carbocycles. The van der Waals surface area contributed by atoms with Crippen LogP contribution < -0.4 is 0 Å². The van der Waals surface area contributed by atoms with Gasteiger partial charge in [0.2, 0.25) is 0 Å². The quantitative estimate of drug-likeness (QED) is 0.920. The van der Waals surface area contributed by atoms with Crippen molar-refractivity contribution in [3.05, 3.63) is 29.5 Å². The highest BCUT2D eigenvalue weighted by atomic mass is 32.1. The lowest BCUT2D eigenvalue weighted by atomic mass is 10.1. The van der Waals surface area contributed by atoms with Crippen LogP contribution in [0.3, 0.4) is 0 Å². The number of hydrogen-bond donors (Lipinski definition) is 1. The predicted octanol–water partition coefficient (Wildman–Crippen LogP) is 2.64. The summed E-state index contributed by atoms with van der Waals surface area (Å²) in [5.74, 6) is 0.475. The molecule has 2 aromatic rings. The van der Waals surface area contributed by atoms with Crippen molar-refractivity contribution in [1.82, 2.24) is 9.88 Å². The van der Waals surface area contributed by atoms with E-state index in [-0.39, 0.29) is 12.5 Å². The summed E-state index contributed by atoms with van der Waals surface area (Å²) < 4.78 is 5.26. The van der Waals surface area contributed by atoms with E-state index in [0.29, 0.717) is 23.0 Å². The predicted molar refractivity (Wildman–Crippen MR) is 77.7 cm³/mol. The van der Waals surface area contributed by atoms with Crippen molar-refractivity contribution in [2.45, 2.75) is 26.4 Å². The van der Waals surface area contributed by atoms with E-state index in [1.165, 1.54) is 11.3 Å². The largest absolute Gasteiger partial charge is 0.462 e. The number of likely N-dealkylation sites (N-methyl/N-ethyl adjacent to an activating group) is 1. The van der Waals surface area contributed by atoms with Gasteiger partial charge in [-0.25, -0.2) is 4.98 Å². The Bertz CT molecular complexity index is 570. The summed E-state index contributed by atoms with van der Waals surface area (Å²) in [7, 11) is 0. The van der Waals surface area contributed by atoms with Gasteiger partial charge in [0.15, 0.2) is 10.8 Å². The SMILES string of the molecule is CCN(CC(C)(C)O)C(=O)c1csc(-c2ccco2)n1. The second kappa shape index (κ2) is 5.76. The number of nitrogens with zero attached hydrogens (tertiary/aromatic N) is 2. The molecule has 0 saturated carbocycles. The summed E-state index contributed by atoms with van der Waals surface area (Å²) in [5.41, 5.74) is -0.543. The van der Waals surface area contributed by atoms with Crippen LogP contribution in [0.15, 0.2) is 28.2 Å². The Morgan fingerprint density at radius 1 is 1.55 bits per heavy atom. The Morgan fingerprint density at radius 3 is 2.85 bits per heavy atom. The first-order chi connectivity index (χ1) is 9.40. The minimum Gasteiger partial charge on any atom is -0.462 e. The topological polar surface area (TPSA) is 66.6 Å². The Labute approximate surface area is 121 Å². The van der Waals surface area contributed by atoms with E-state index < -0.39 is 5.60 Å². The van der Waals surface area contributed by atoms with Gasteiger partial charge in [-0.1, -0.05) is 0 Å². The van der Waals surface area contributed by atoms with Crippen LogP contribution in [0, 0.1) is 0 Å². The molecule has 0 saturated heterocycles. The summed E-state index contributed by atoms with van der Waals surface area (Å²) in [6.07, 6.45) is 1.57. The fourth-order valence-corrected chi connectivity index (χ4v) is 2.60. The van der Waals surface area contributed by atoms with Gasteiger partial charge in [-0.3, -0.25) is 4.79 Å². The third-order valence-electron chi connectivity index (χ3n) is 2.70. The number of carbonyl (C=O) groups excluding carboxylic acids is 1. The van der Waals surface area contributed by atoms with E-state index in [0.717, 1.165) is 0 Å². The van der Waals surface area contributed by atoms with E-state index in [9.17, 15) is 9.90 Å². The number of rotatable bonds is 5. The van der Waals surface area contributed by atoms with Crippen molar-refractivity contribution in [3.63, 3.8) is 0 Å². The number of furan rings is 1. The van der Waals surface area contributed by atoms with E-state index in [4.69, 9.17) is 4.42 Å². The first-order valence-electron chi connectivity index (χ1n) is 6.42. The summed E-state index contributed by atoms with van der Waals surface area (Å²) in [6.45, 7) is 6.03. The standard InChI is InChI=1S/C14H18N2O3S/c1-4-16(9-14(2,3)18)13(17)10-8-20-12(15-10)11-6-5-7-19-11/h5-8,18H,4,9H2,1-3H3. The second-order valence-electron chi connectivity index (χ2n) is 5.15. The van der Waals surface area contributed by atoms with Crippen molar-refractivity contribution >= 4 is 17.2 Å². The minimum atomic E-state index is -0.925. The maximum Gasteiger partial charge on any atom is 0.273 e. The number of thiazole rings is 1. The third kappa shape index (κ3) is 3.46. The van der Waals surface area contributed by atoms with Gasteiger partial charge in [-0.15, -0.1) is 11.3 Å². The van der Waals surface area contributed by atoms with Crippen LogP contribution in [-0.4, -0.2) is 39.6 Å². The Kier molecular flexibility index (Phi) is 4.25. The van der Waals surface area contributed by atoms with Gasteiger partial charge in [0.05, 0.1) is 11.9 Å². The van der Waals surface area contributed by atoms with Crippen molar-refractivity contribution in [2.24, 2.45) is 0 Å². The second-order valence-corrected chi connectivity index (χ2v) is 6.01. The molecule has 20 heavy (non-hydrogen) atoms. The van der Waals surface area contributed by atoms with Gasteiger partial charge >= 0.3 is 0 Å². The van der Waals surface area contributed by atoms with E-state index in [2.05, 4.69) is 4.98 Å². The van der Waals surface area contributed by atoms with E-state index in [1.54, 1.807) is 36.5 Å². The molecule has 0 fully saturated rings. The molecule has 108 valence electrons. The molecule has 1 N–H and O–H groups in total. The summed E-state index contributed by atoms with van der Waals surface area (Å²) >= 11 is 1.37. The lowest BCUT2D eigenvalue weighted by Gasteiger charge is -2.27. The van der Waals surface area contributed by atoms with Crippen LogP contribution in [-0.2, 0) is 0 Å². The van der Waals surface area contributed by atoms with Crippen molar-refractivity contribution in [1.29, 1.82) is 0 Å². The maximum atomic E-state index is 12.4. The number of aliphatic hydroxyl groups is 1. The molecule has 1 amide bonds. The summed E-state index contributed by atoms with van der Waals surface area (Å²) in [4.78, 5) is 18.3. The third-order valence-corrected chi connectivity index (χ3v) is 3.56. The summed E-state index contributed by atoms with van der Waals surface area (Å²) in [5, 5.41) is 12.2. The normalized spacial score (nSPS) is 11.6. The summed E-state index contributed by atoms with van der Waals surface area (Å²) in [6, 6.07) is 3.59. The zero-order valence-corrected chi connectivity index (χ0v) is 12.6. The Morgan fingerprint density at radius 2 is 2.30 bits per heavy atom. The monoisotopic (exact) mass is 294 g/mol. The highest BCUT2D eigenvalue weighted by Crippen LogP contribution is 2.24. The highest BCUT2D eigenvalue weighted by Gasteiger charge is 2.24. The fourth-order valence-electron chi connectivity index (χ4n) is 1.84. The van der Waals surface area contributed by atoms with Crippen LogP contribution >= 0.6 is 11.3 Å². The number of carbonyl (C=O) groups is 1. The van der Waals surface area contributed by atoms with Crippen molar-refractivity contribution in [3.8, 4) is 10.8 Å².